The number of amides is 2. The molecule has 8 nitrogen and oxygen atoms in total. The van der Waals surface area contributed by atoms with Crippen LogP contribution in [0, 0.1) is 17.0 Å². The van der Waals surface area contributed by atoms with Gasteiger partial charge in [-0.15, -0.1) is 0 Å². The standard InChI is InChI=1S/C31H32ClF2N3O5/c1-31(2)16-25-26(14-19(32)17-35-25)37(30(31)41)21-7-10-36(11-8-21)29(40)22-5-3-18(13-24(22)34)23-15-20(33)4-6-27(23)42-12-9-28(38)39/h3-6,13-15,21,35H,7-12,16-17H2,1-2H3,(H,38,39). The van der Waals surface area contributed by atoms with Crippen molar-refractivity contribution in [1.82, 2.24) is 15.1 Å². The highest BCUT2D eigenvalue weighted by molar-refractivity contribution is 6.30. The number of carbonyl (C=O) groups excluding carboxylic acids is 2. The molecular weight excluding hydrogens is 568 g/mol. The number of ether oxygens (including phenoxy) is 1. The minimum atomic E-state index is -1.04. The van der Waals surface area contributed by atoms with Crippen molar-refractivity contribution < 1.29 is 33.0 Å². The van der Waals surface area contributed by atoms with Crippen molar-refractivity contribution in [3.8, 4) is 16.9 Å². The van der Waals surface area contributed by atoms with Crippen molar-refractivity contribution in [3.63, 3.8) is 0 Å². The number of hydrogen-bond donors (Lipinski definition) is 2. The van der Waals surface area contributed by atoms with Crippen molar-refractivity contribution >= 4 is 29.4 Å². The number of hydrogen-bond acceptors (Lipinski definition) is 5. The molecule has 3 aliphatic heterocycles. The molecule has 42 heavy (non-hydrogen) atoms. The number of likely N-dealkylation sites (tertiary alicyclic amines) is 1. The molecule has 0 aliphatic carbocycles. The Morgan fingerprint density at radius 1 is 1.14 bits per heavy atom. The summed E-state index contributed by atoms with van der Waals surface area (Å²) in [4.78, 5) is 41.0. The monoisotopic (exact) mass is 599 g/mol. The predicted octanol–water partition coefficient (Wildman–Crippen LogP) is 5.29. The SMILES string of the molecule is CC1(C)CC2=C(C=C(Cl)CN2)N(C2CCN(C(=O)c3ccc(-c4cc(F)ccc4OCCC(=O)O)cc3F)CC2)C1=O. The number of benzene rings is 2. The van der Waals surface area contributed by atoms with Crippen LogP contribution in [0.25, 0.3) is 11.1 Å². The molecule has 0 atom stereocenters. The number of rotatable bonds is 7. The van der Waals surface area contributed by atoms with Gasteiger partial charge in [0.15, 0.2) is 0 Å². The highest BCUT2D eigenvalue weighted by atomic mass is 35.5. The summed E-state index contributed by atoms with van der Waals surface area (Å²) in [6, 6.07) is 7.58. The fourth-order valence-corrected chi connectivity index (χ4v) is 5.88. The Hall–Kier alpha value is -3.92. The van der Waals surface area contributed by atoms with Crippen LogP contribution in [0.4, 0.5) is 8.78 Å². The number of piperidine rings is 1. The number of allylic oxidation sites excluding steroid dienone is 2. The van der Waals surface area contributed by atoms with Crippen LogP contribution < -0.4 is 10.1 Å². The van der Waals surface area contributed by atoms with E-state index in [1.165, 1.54) is 30.3 Å². The molecule has 0 radical (unpaired) electrons. The van der Waals surface area contributed by atoms with Crippen molar-refractivity contribution in [2.24, 2.45) is 5.41 Å². The molecule has 0 aromatic heterocycles. The lowest BCUT2D eigenvalue weighted by Gasteiger charge is -2.46. The summed E-state index contributed by atoms with van der Waals surface area (Å²) in [5, 5.41) is 12.8. The first-order valence-corrected chi connectivity index (χ1v) is 14.2. The van der Waals surface area contributed by atoms with Crippen LogP contribution in [0.3, 0.4) is 0 Å². The van der Waals surface area contributed by atoms with Gasteiger partial charge >= 0.3 is 5.97 Å². The number of carboxylic acid groups (broad SMARTS) is 1. The molecule has 3 heterocycles. The van der Waals surface area contributed by atoms with Crippen LogP contribution in [-0.2, 0) is 9.59 Å². The predicted molar refractivity (Wildman–Crippen MR) is 153 cm³/mol. The molecule has 2 aromatic rings. The van der Waals surface area contributed by atoms with E-state index < -0.39 is 28.9 Å². The molecule has 11 heteroatoms. The summed E-state index contributed by atoms with van der Waals surface area (Å²) in [6.45, 7) is 4.92. The van der Waals surface area contributed by atoms with E-state index in [1.54, 1.807) is 4.90 Å². The molecule has 1 saturated heterocycles. The molecule has 5 rings (SSSR count). The molecule has 0 unspecified atom stereocenters. The van der Waals surface area contributed by atoms with E-state index in [1.807, 2.05) is 24.8 Å². The fraction of sp³-hybridized carbons (Fsp3) is 0.387. The molecule has 1 fully saturated rings. The Morgan fingerprint density at radius 2 is 1.88 bits per heavy atom. The average Bonchev–Trinajstić information content (AvgIpc) is 2.94. The Kier molecular flexibility index (Phi) is 8.28. The number of nitrogens with zero attached hydrogens (tertiary/aromatic N) is 2. The number of halogens is 3. The van der Waals surface area contributed by atoms with Gasteiger partial charge in [0.1, 0.15) is 17.4 Å². The van der Waals surface area contributed by atoms with E-state index >= 15 is 4.39 Å². The summed E-state index contributed by atoms with van der Waals surface area (Å²) in [6.07, 6.45) is 3.23. The number of nitrogens with one attached hydrogen (secondary N) is 1. The van der Waals surface area contributed by atoms with Gasteiger partial charge in [-0.2, -0.15) is 0 Å². The maximum Gasteiger partial charge on any atom is 0.306 e. The van der Waals surface area contributed by atoms with E-state index in [9.17, 15) is 18.8 Å². The Labute approximate surface area is 247 Å². The van der Waals surface area contributed by atoms with E-state index in [0.29, 0.717) is 43.9 Å². The van der Waals surface area contributed by atoms with Crippen molar-refractivity contribution in [2.45, 2.75) is 45.6 Å². The quantitative estimate of drug-likeness (QED) is 0.449. The van der Waals surface area contributed by atoms with Gasteiger partial charge in [0.25, 0.3) is 5.91 Å². The zero-order chi connectivity index (χ0) is 30.2. The van der Waals surface area contributed by atoms with Gasteiger partial charge in [0.2, 0.25) is 5.91 Å². The Bertz CT molecular complexity index is 1500. The average molecular weight is 600 g/mol. The largest absolute Gasteiger partial charge is 0.492 e. The smallest absolute Gasteiger partial charge is 0.306 e. The maximum absolute atomic E-state index is 15.3. The normalized spacial score (nSPS) is 18.8. The van der Waals surface area contributed by atoms with Crippen LogP contribution in [0.1, 0.15) is 49.9 Å². The van der Waals surface area contributed by atoms with Crippen LogP contribution >= 0.6 is 11.6 Å². The fourth-order valence-electron chi connectivity index (χ4n) is 5.71. The molecule has 222 valence electrons. The third-order valence-electron chi connectivity index (χ3n) is 7.89. The Balaban J connectivity index is 1.30. The third-order valence-corrected chi connectivity index (χ3v) is 8.13. The highest BCUT2D eigenvalue weighted by Gasteiger charge is 2.44. The van der Waals surface area contributed by atoms with E-state index in [-0.39, 0.29) is 47.4 Å². The number of carboxylic acids is 1. The molecule has 2 aromatic carbocycles. The van der Waals surface area contributed by atoms with Crippen molar-refractivity contribution in [2.75, 3.05) is 26.2 Å². The second kappa shape index (κ2) is 11.8. The van der Waals surface area contributed by atoms with E-state index in [2.05, 4.69) is 5.32 Å². The van der Waals surface area contributed by atoms with Gasteiger partial charge in [0.05, 0.1) is 30.8 Å². The maximum atomic E-state index is 15.3. The number of dihydropyridines is 1. The minimum absolute atomic E-state index is 0.0146. The van der Waals surface area contributed by atoms with Crippen LogP contribution in [0.15, 0.2) is 58.9 Å². The van der Waals surface area contributed by atoms with Gasteiger partial charge in [-0.05, 0) is 54.8 Å². The van der Waals surface area contributed by atoms with Gasteiger partial charge in [-0.3, -0.25) is 14.4 Å². The summed E-state index contributed by atoms with van der Waals surface area (Å²) in [5.74, 6) is -2.63. The first kappa shape index (κ1) is 29.6. The van der Waals surface area contributed by atoms with Crippen molar-refractivity contribution in [1.29, 1.82) is 0 Å². The lowest BCUT2D eigenvalue weighted by molar-refractivity contribution is -0.142. The summed E-state index contributed by atoms with van der Waals surface area (Å²) in [7, 11) is 0. The van der Waals surface area contributed by atoms with Crippen LogP contribution in [-0.4, -0.2) is 65.0 Å². The second-order valence-corrected chi connectivity index (χ2v) is 11.9. The molecule has 0 saturated carbocycles. The molecule has 2 N–H and O–H groups in total. The topological polar surface area (TPSA) is 99.2 Å². The van der Waals surface area contributed by atoms with Gasteiger partial charge < -0.3 is 25.0 Å². The highest BCUT2D eigenvalue weighted by Crippen LogP contribution is 2.40. The molecule has 0 bridgehead atoms. The van der Waals surface area contributed by atoms with Gasteiger partial charge in [-0.25, -0.2) is 8.78 Å². The van der Waals surface area contributed by atoms with E-state index in [0.717, 1.165) is 17.5 Å². The first-order valence-electron chi connectivity index (χ1n) is 13.8. The lowest BCUT2D eigenvalue weighted by Crippen LogP contribution is -2.54. The lowest BCUT2D eigenvalue weighted by atomic mass is 9.80. The van der Waals surface area contributed by atoms with Gasteiger partial charge in [0, 0.05) is 47.3 Å². The minimum Gasteiger partial charge on any atom is -0.492 e. The zero-order valence-corrected chi connectivity index (χ0v) is 24.1. The molecule has 0 spiro atoms. The molecule has 3 aliphatic rings. The Morgan fingerprint density at radius 3 is 2.57 bits per heavy atom. The van der Waals surface area contributed by atoms with Gasteiger partial charge in [-0.1, -0.05) is 31.5 Å². The molecule has 2 amide bonds. The second-order valence-electron chi connectivity index (χ2n) is 11.4. The summed E-state index contributed by atoms with van der Waals surface area (Å²) >= 11 is 6.30. The zero-order valence-electron chi connectivity index (χ0n) is 23.4. The third kappa shape index (κ3) is 5.99. The van der Waals surface area contributed by atoms with E-state index in [4.69, 9.17) is 21.4 Å². The van der Waals surface area contributed by atoms with Crippen LogP contribution in [0.2, 0.25) is 0 Å². The van der Waals surface area contributed by atoms with Crippen LogP contribution in [0.5, 0.6) is 5.75 Å². The van der Waals surface area contributed by atoms with Crippen molar-refractivity contribution in [3.05, 3.63) is 76.1 Å². The summed E-state index contributed by atoms with van der Waals surface area (Å²) < 4.78 is 34.8. The summed E-state index contributed by atoms with van der Waals surface area (Å²) in [5.41, 5.74) is 1.60. The number of carbonyl (C=O) groups is 3. The molecular formula is C31H32ClF2N3O5. The number of aliphatic carboxylic acids is 1. The first-order chi connectivity index (χ1) is 19.9.